The van der Waals surface area contributed by atoms with Crippen LogP contribution in [0.2, 0.25) is 10.0 Å². The Kier molecular flexibility index (Phi) is 5.36. The van der Waals surface area contributed by atoms with Crippen molar-refractivity contribution in [3.8, 4) is 0 Å². The highest BCUT2D eigenvalue weighted by Gasteiger charge is 2.42. The smallest absolute Gasteiger partial charge is 0.294 e. The number of halogens is 5. The molecule has 20 heavy (non-hydrogen) atoms. The summed E-state index contributed by atoms with van der Waals surface area (Å²) in [5.41, 5.74) is -0.782. The highest BCUT2D eigenvalue weighted by molar-refractivity contribution is 6.35. The molecular formula is C13H9Cl2F3O2. The minimum Gasteiger partial charge on any atom is -0.294 e. The Bertz CT molecular complexity index is 557. The number of carbonyl (C=O) groups excluding carboxylic acids is 2. The minimum absolute atomic E-state index is 0.150. The zero-order valence-corrected chi connectivity index (χ0v) is 11.7. The quantitative estimate of drug-likeness (QED) is 0.464. The van der Waals surface area contributed by atoms with Gasteiger partial charge in [-0.2, -0.15) is 13.2 Å². The average molecular weight is 325 g/mol. The number of hydrogen-bond acceptors (Lipinski definition) is 2. The molecule has 7 heteroatoms. The molecule has 108 valence electrons. The van der Waals surface area contributed by atoms with Gasteiger partial charge in [0.1, 0.15) is 0 Å². The summed E-state index contributed by atoms with van der Waals surface area (Å²) in [4.78, 5) is 22.8. The molecule has 0 aliphatic heterocycles. The summed E-state index contributed by atoms with van der Waals surface area (Å²) in [5.74, 6) is -3.08. The van der Waals surface area contributed by atoms with E-state index in [1.807, 2.05) is 0 Å². The molecule has 0 atom stereocenters. The normalized spacial score (nSPS) is 12.4. The van der Waals surface area contributed by atoms with Gasteiger partial charge in [-0.05, 0) is 29.8 Å². The third kappa shape index (κ3) is 4.35. The Morgan fingerprint density at radius 1 is 1.15 bits per heavy atom. The Hall–Kier alpha value is -1.33. The molecule has 0 aromatic heterocycles. The third-order valence-electron chi connectivity index (χ3n) is 2.32. The van der Waals surface area contributed by atoms with E-state index in [9.17, 15) is 22.8 Å². The number of ketones is 2. The molecule has 0 unspecified atom stereocenters. The van der Waals surface area contributed by atoms with Gasteiger partial charge < -0.3 is 0 Å². The van der Waals surface area contributed by atoms with E-state index in [1.165, 1.54) is 25.1 Å². The summed E-state index contributed by atoms with van der Waals surface area (Å²) < 4.78 is 37.4. The first kappa shape index (κ1) is 16.7. The van der Waals surface area contributed by atoms with Crippen molar-refractivity contribution in [3.63, 3.8) is 0 Å². The third-order valence-corrected chi connectivity index (χ3v) is 2.76. The Balaban J connectivity index is 3.33. The number of rotatable bonds is 4. The van der Waals surface area contributed by atoms with Crippen molar-refractivity contribution in [3.05, 3.63) is 39.4 Å². The fraction of sp³-hybridized carbons (Fsp3) is 0.231. The van der Waals surface area contributed by atoms with Crippen LogP contribution >= 0.6 is 23.2 Å². The van der Waals surface area contributed by atoms with E-state index >= 15 is 0 Å². The molecule has 0 saturated carbocycles. The molecule has 1 aromatic rings. The number of hydrogen-bond donors (Lipinski definition) is 0. The van der Waals surface area contributed by atoms with Crippen LogP contribution in [0.15, 0.2) is 23.8 Å². The van der Waals surface area contributed by atoms with Crippen LogP contribution in [0.25, 0.3) is 6.08 Å². The van der Waals surface area contributed by atoms with Crippen molar-refractivity contribution in [1.29, 1.82) is 0 Å². The predicted molar refractivity (Wildman–Crippen MR) is 70.8 cm³/mol. The first-order chi connectivity index (χ1) is 9.15. The first-order valence-corrected chi connectivity index (χ1v) is 6.23. The molecule has 1 aromatic carbocycles. The van der Waals surface area contributed by atoms with Crippen LogP contribution < -0.4 is 0 Å². The highest BCUT2D eigenvalue weighted by atomic mass is 35.5. The maximum atomic E-state index is 12.5. The van der Waals surface area contributed by atoms with Gasteiger partial charge in [-0.25, -0.2) is 0 Å². The molecule has 0 heterocycles. The van der Waals surface area contributed by atoms with E-state index in [4.69, 9.17) is 23.2 Å². The lowest BCUT2D eigenvalue weighted by molar-refractivity contribution is -0.167. The highest BCUT2D eigenvalue weighted by Crippen LogP contribution is 2.25. The lowest BCUT2D eigenvalue weighted by Crippen LogP contribution is -2.28. The van der Waals surface area contributed by atoms with Crippen molar-refractivity contribution in [2.75, 3.05) is 0 Å². The predicted octanol–water partition coefficient (Wildman–Crippen LogP) is 4.49. The Labute approximate surface area is 123 Å². The van der Waals surface area contributed by atoms with Crippen LogP contribution in [-0.2, 0) is 9.59 Å². The molecule has 0 N–H and O–H groups in total. The van der Waals surface area contributed by atoms with Gasteiger partial charge in [-0.1, -0.05) is 30.1 Å². The van der Waals surface area contributed by atoms with Crippen molar-refractivity contribution in [2.45, 2.75) is 19.5 Å². The summed E-state index contributed by atoms with van der Waals surface area (Å²) >= 11 is 11.4. The number of alkyl halides is 3. The number of allylic oxidation sites excluding steroid dienone is 1. The molecule has 2 nitrogen and oxygen atoms in total. The number of benzene rings is 1. The Morgan fingerprint density at radius 2 is 1.65 bits per heavy atom. The molecular weight excluding hydrogens is 316 g/mol. The monoisotopic (exact) mass is 324 g/mol. The molecule has 0 fully saturated rings. The average Bonchev–Trinajstić information content (AvgIpc) is 2.32. The van der Waals surface area contributed by atoms with Crippen LogP contribution in [0.5, 0.6) is 0 Å². The van der Waals surface area contributed by atoms with Crippen LogP contribution in [0.1, 0.15) is 18.9 Å². The van der Waals surface area contributed by atoms with Crippen LogP contribution in [0.3, 0.4) is 0 Å². The molecule has 0 spiro atoms. The second-order valence-electron chi connectivity index (χ2n) is 3.86. The summed E-state index contributed by atoms with van der Waals surface area (Å²) in [6.07, 6.45) is -4.49. The van der Waals surface area contributed by atoms with Gasteiger partial charge in [0, 0.05) is 16.5 Å². The second kappa shape index (κ2) is 6.41. The van der Waals surface area contributed by atoms with Crippen LogP contribution in [-0.4, -0.2) is 17.7 Å². The Morgan fingerprint density at radius 3 is 2.05 bits per heavy atom. The van der Waals surface area contributed by atoms with Crippen LogP contribution in [0, 0.1) is 0 Å². The molecule has 0 aliphatic rings. The summed E-state index contributed by atoms with van der Waals surface area (Å²) in [6, 6.07) is 3.99. The van der Waals surface area contributed by atoms with Crippen molar-refractivity contribution in [2.24, 2.45) is 0 Å². The molecule has 1 rings (SSSR count). The molecule has 0 saturated heterocycles. The van der Waals surface area contributed by atoms with E-state index in [-0.39, 0.29) is 22.0 Å². The van der Waals surface area contributed by atoms with Crippen LogP contribution in [0.4, 0.5) is 13.2 Å². The van der Waals surface area contributed by atoms with E-state index in [1.54, 1.807) is 0 Å². The minimum atomic E-state index is -5.11. The lowest BCUT2D eigenvalue weighted by Gasteiger charge is -2.08. The van der Waals surface area contributed by atoms with Crippen molar-refractivity contribution < 1.29 is 22.8 Å². The second-order valence-corrected chi connectivity index (χ2v) is 4.74. The molecule has 0 amide bonds. The summed E-state index contributed by atoms with van der Waals surface area (Å²) in [7, 11) is 0. The van der Waals surface area contributed by atoms with E-state index in [2.05, 4.69) is 0 Å². The van der Waals surface area contributed by atoms with Crippen molar-refractivity contribution in [1.82, 2.24) is 0 Å². The maximum Gasteiger partial charge on any atom is 0.455 e. The summed E-state index contributed by atoms with van der Waals surface area (Å²) in [5, 5.41) is 0.373. The zero-order chi connectivity index (χ0) is 15.5. The van der Waals surface area contributed by atoms with Gasteiger partial charge in [0.25, 0.3) is 5.78 Å². The number of carbonyl (C=O) groups is 2. The largest absolute Gasteiger partial charge is 0.455 e. The number of Topliss-reactive ketones (excluding diaryl/α,β-unsaturated/α-hetero) is 2. The fourth-order valence-electron chi connectivity index (χ4n) is 1.44. The molecule has 0 radical (unpaired) electrons. The molecule has 0 bridgehead atoms. The zero-order valence-electron chi connectivity index (χ0n) is 10.2. The lowest BCUT2D eigenvalue weighted by atomic mass is 10.0. The van der Waals surface area contributed by atoms with E-state index < -0.39 is 23.3 Å². The standard InChI is InChI=1S/C13H9Cl2F3O2/c1-2-11(19)10(12(20)13(16,17)18)5-7-3-8(14)6-9(15)4-7/h3-6H,2H2,1H3. The summed E-state index contributed by atoms with van der Waals surface area (Å²) in [6.45, 7) is 1.37. The topological polar surface area (TPSA) is 34.1 Å². The van der Waals surface area contributed by atoms with E-state index in [0.717, 1.165) is 6.08 Å². The van der Waals surface area contributed by atoms with Gasteiger partial charge in [0.15, 0.2) is 5.78 Å². The van der Waals surface area contributed by atoms with E-state index in [0.29, 0.717) is 0 Å². The maximum absolute atomic E-state index is 12.5. The SMILES string of the molecule is CCC(=O)C(=Cc1cc(Cl)cc(Cl)c1)C(=O)C(F)(F)F. The van der Waals surface area contributed by atoms with Gasteiger partial charge >= 0.3 is 6.18 Å². The van der Waals surface area contributed by atoms with Gasteiger partial charge in [-0.3, -0.25) is 9.59 Å². The van der Waals surface area contributed by atoms with Gasteiger partial charge in [0.2, 0.25) is 0 Å². The van der Waals surface area contributed by atoms with Gasteiger partial charge in [0.05, 0.1) is 5.57 Å². The molecule has 0 aliphatic carbocycles. The van der Waals surface area contributed by atoms with Crippen molar-refractivity contribution >= 4 is 40.8 Å². The van der Waals surface area contributed by atoms with Gasteiger partial charge in [-0.15, -0.1) is 0 Å². The first-order valence-electron chi connectivity index (χ1n) is 5.47. The fourth-order valence-corrected chi connectivity index (χ4v) is 1.98.